The molecule has 100 heavy (non-hydrogen) atoms. The molecule has 0 radical (unpaired) electrons. The Balaban J connectivity index is 5.16. The van der Waals surface area contributed by atoms with Gasteiger partial charge in [0.05, 0.1) is 26.4 Å². The third kappa shape index (κ3) is 74.3. The maximum absolute atomic E-state index is 13.1. The van der Waals surface area contributed by atoms with Crippen molar-refractivity contribution in [3.05, 3.63) is 0 Å². The van der Waals surface area contributed by atoms with E-state index in [9.17, 15) is 43.2 Å². The Morgan fingerprint density at radius 1 is 0.270 bits per heavy atom. The fourth-order valence-electron chi connectivity index (χ4n) is 12.6. The molecule has 0 aromatic heterocycles. The summed E-state index contributed by atoms with van der Waals surface area (Å²) in [7, 11) is -9.91. The molecule has 0 amide bonds. The smallest absolute Gasteiger partial charge is 0.462 e. The predicted octanol–water partition coefficient (Wildman–Crippen LogP) is 24.4. The van der Waals surface area contributed by atoms with Crippen LogP contribution in [0.25, 0.3) is 0 Å². The highest BCUT2D eigenvalue weighted by Gasteiger charge is 2.30. The van der Waals surface area contributed by atoms with Gasteiger partial charge in [-0.25, -0.2) is 9.13 Å². The molecule has 0 aromatic carbocycles. The lowest BCUT2D eigenvalue weighted by Crippen LogP contribution is -2.30. The van der Waals surface area contributed by atoms with Gasteiger partial charge in [-0.1, -0.05) is 381 Å². The molecule has 594 valence electrons. The van der Waals surface area contributed by atoms with E-state index >= 15 is 0 Å². The van der Waals surface area contributed by atoms with Gasteiger partial charge >= 0.3 is 39.5 Å². The SMILES string of the molecule is CCCCCCCCCCCCCCCCCCCCCCCCC(=O)O[C@H](COC(=O)CCCCCCCCCCCCCCCCCCC(C)C)COP(=O)(O)OC[C@@H](O)COP(=O)(O)OC[C@@H](COC(=O)CCCCCCCCCCC)OC(=O)CCCCCCCCCCCC. The van der Waals surface area contributed by atoms with E-state index in [1.165, 1.54) is 257 Å². The lowest BCUT2D eigenvalue weighted by atomic mass is 10.0. The minimum atomic E-state index is -4.96. The van der Waals surface area contributed by atoms with Gasteiger partial charge in [0.2, 0.25) is 0 Å². The Labute approximate surface area is 613 Å². The maximum atomic E-state index is 13.1. The van der Waals surface area contributed by atoms with Crippen molar-refractivity contribution in [3.63, 3.8) is 0 Å². The van der Waals surface area contributed by atoms with Crippen LogP contribution in [0.2, 0.25) is 0 Å². The van der Waals surface area contributed by atoms with Crippen molar-refractivity contribution in [1.29, 1.82) is 0 Å². The van der Waals surface area contributed by atoms with Crippen LogP contribution in [0.1, 0.15) is 433 Å². The van der Waals surface area contributed by atoms with E-state index in [2.05, 4.69) is 34.6 Å². The van der Waals surface area contributed by atoms with E-state index in [-0.39, 0.29) is 25.7 Å². The summed E-state index contributed by atoms with van der Waals surface area (Å²) in [5.74, 6) is -1.30. The molecule has 0 spiro atoms. The number of aliphatic hydroxyl groups is 1. The molecule has 0 aliphatic carbocycles. The zero-order valence-corrected chi connectivity index (χ0v) is 67.1. The highest BCUT2D eigenvalue weighted by molar-refractivity contribution is 7.47. The van der Waals surface area contributed by atoms with Crippen LogP contribution in [-0.2, 0) is 65.4 Å². The molecule has 0 aromatic rings. The first-order valence-electron chi connectivity index (χ1n) is 42.1. The second kappa shape index (κ2) is 73.9. The number of carbonyl (C=O) groups excluding carboxylic acids is 4. The average molecular weight is 1470 g/mol. The number of esters is 4. The molecular formula is C81H158O17P2. The number of aliphatic hydroxyl groups excluding tert-OH is 1. The van der Waals surface area contributed by atoms with Crippen molar-refractivity contribution in [2.75, 3.05) is 39.6 Å². The van der Waals surface area contributed by atoms with E-state index < -0.39 is 97.5 Å². The fraction of sp³-hybridized carbons (Fsp3) is 0.951. The normalized spacial score (nSPS) is 13.8. The number of phosphoric ester groups is 2. The minimum absolute atomic E-state index is 0.107. The monoisotopic (exact) mass is 1470 g/mol. The summed E-state index contributed by atoms with van der Waals surface area (Å²) in [6, 6.07) is 0. The quantitative estimate of drug-likeness (QED) is 0.0222. The summed E-state index contributed by atoms with van der Waals surface area (Å²) in [6.45, 7) is 7.33. The predicted molar refractivity (Wildman–Crippen MR) is 409 cm³/mol. The largest absolute Gasteiger partial charge is 0.472 e. The molecule has 0 saturated heterocycles. The number of carbonyl (C=O) groups is 4. The molecule has 0 aliphatic rings. The number of hydrogen-bond donors (Lipinski definition) is 3. The van der Waals surface area contributed by atoms with Crippen molar-refractivity contribution in [1.82, 2.24) is 0 Å². The number of phosphoric acid groups is 2. The molecule has 2 unspecified atom stereocenters. The second-order valence-corrected chi connectivity index (χ2v) is 32.5. The first-order chi connectivity index (χ1) is 48.5. The standard InChI is InChI=1S/C81H158O17P2/c1-6-9-12-15-18-21-23-24-25-26-27-28-29-30-31-36-39-42-47-52-57-62-67-81(86)98-77(71-92-79(84)65-60-55-50-46-41-38-35-33-32-34-37-40-44-48-53-58-63-74(4)5)73-96-100(89,90)94-69-75(82)68-93-99(87,88)95-72-76(70-91-78(83)64-59-54-49-43-20-17-14-11-8-3)97-80(85)66-61-56-51-45-22-19-16-13-10-7-2/h74-77,82H,6-73H2,1-5H3,(H,87,88)(H,89,90)/t75-,76+,77+/m0/s1. The van der Waals surface area contributed by atoms with Gasteiger partial charge in [0, 0.05) is 25.7 Å². The summed E-state index contributed by atoms with van der Waals surface area (Å²) in [4.78, 5) is 72.9. The van der Waals surface area contributed by atoms with E-state index in [1.54, 1.807) is 0 Å². The molecule has 0 rings (SSSR count). The first kappa shape index (κ1) is 98.1. The molecule has 0 saturated carbocycles. The van der Waals surface area contributed by atoms with Crippen LogP contribution in [0.5, 0.6) is 0 Å². The van der Waals surface area contributed by atoms with Crippen LogP contribution in [-0.4, -0.2) is 96.7 Å². The topological polar surface area (TPSA) is 237 Å². The number of hydrogen-bond acceptors (Lipinski definition) is 15. The molecule has 5 atom stereocenters. The van der Waals surface area contributed by atoms with Gasteiger partial charge in [-0.2, -0.15) is 0 Å². The van der Waals surface area contributed by atoms with Crippen molar-refractivity contribution < 1.29 is 80.2 Å². The molecule has 0 fully saturated rings. The van der Waals surface area contributed by atoms with Crippen LogP contribution < -0.4 is 0 Å². The molecule has 17 nitrogen and oxygen atoms in total. The maximum Gasteiger partial charge on any atom is 0.472 e. The zero-order valence-electron chi connectivity index (χ0n) is 65.3. The summed E-state index contributed by atoms with van der Waals surface area (Å²) in [6.07, 6.45) is 65.4. The van der Waals surface area contributed by atoms with E-state index in [1.807, 2.05) is 0 Å². The third-order valence-electron chi connectivity index (χ3n) is 19.0. The Morgan fingerprint density at radius 2 is 0.460 bits per heavy atom. The van der Waals surface area contributed by atoms with Gasteiger partial charge in [-0.05, 0) is 31.6 Å². The van der Waals surface area contributed by atoms with E-state index in [4.69, 9.17) is 37.0 Å². The highest BCUT2D eigenvalue weighted by Crippen LogP contribution is 2.45. The molecule has 0 heterocycles. The summed E-state index contributed by atoms with van der Waals surface area (Å²) in [5.41, 5.74) is 0. The van der Waals surface area contributed by atoms with Gasteiger partial charge < -0.3 is 33.8 Å². The van der Waals surface area contributed by atoms with E-state index in [0.717, 1.165) is 95.8 Å². The van der Waals surface area contributed by atoms with Crippen LogP contribution in [0.15, 0.2) is 0 Å². The van der Waals surface area contributed by atoms with Gasteiger partial charge in [0.1, 0.15) is 19.3 Å². The van der Waals surface area contributed by atoms with Crippen LogP contribution >= 0.6 is 15.6 Å². The summed E-state index contributed by atoms with van der Waals surface area (Å²) < 4.78 is 68.6. The number of rotatable bonds is 81. The van der Waals surface area contributed by atoms with Gasteiger partial charge in [0.25, 0.3) is 0 Å². The molecule has 19 heteroatoms. The lowest BCUT2D eigenvalue weighted by Gasteiger charge is -2.21. The Kier molecular flexibility index (Phi) is 72.5. The Morgan fingerprint density at radius 3 is 0.680 bits per heavy atom. The van der Waals surface area contributed by atoms with E-state index in [0.29, 0.717) is 25.7 Å². The van der Waals surface area contributed by atoms with Crippen LogP contribution in [0.3, 0.4) is 0 Å². The minimum Gasteiger partial charge on any atom is -0.462 e. The van der Waals surface area contributed by atoms with Gasteiger partial charge in [-0.15, -0.1) is 0 Å². The third-order valence-corrected chi connectivity index (χ3v) is 20.9. The van der Waals surface area contributed by atoms with Crippen LogP contribution in [0, 0.1) is 5.92 Å². The summed E-state index contributed by atoms with van der Waals surface area (Å²) >= 11 is 0. The van der Waals surface area contributed by atoms with Crippen molar-refractivity contribution in [2.45, 2.75) is 451 Å². The zero-order chi connectivity index (χ0) is 73.4. The first-order valence-corrected chi connectivity index (χ1v) is 45.1. The molecule has 0 bridgehead atoms. The van der Waals surface area contributed by atoms with Crippen LogP contribution in [0.4, 0.5) is 0 Å². The average Bonchev–Trinajstić information content (AvgIpc) is 0.961. The van der Waals surface area contributed by atoms with Gasteiger partial charge in [0.15, 0.2) is 12.2 Å². The lowest BCUT2D eigenvalue weighted by molar-refractivity contribution is -0.161. The molecular weight excluding hydrogens is 1310 g/mol. The molecule has 3 N–H and O–H groups in total. The highest BCUT2D eigenvalue weighted by atomic mass is 31.2. The number of ether oxygens (including phenoxy) is 4. The van der Waals surface area contributed by atoms with Crippen molar-refractivity contribution >= 4 is 39.5 Å². The molecule has 0 aliphatic heterocycles. The van der Waals surface area contributed by atoms with Gasteiger partial charge in [-0.3, -0.25) is 37.3 Å². The van der Waals surface area contributed by atoms with Crippen molar-refractivity contribution in [3.8, 4) is 0 Å². The summed E-state index contributed by atoms with van der Waals surface area (Å²) in [5, 5.41) is 10.6. The Bertz CT molecular complexity index is 1910. The second-order valence-electron chi connectivity index (χ2n) is 29.6. The fourth-order valence-corrected chi connectivity index (χ4v) is 14.2. The number of unbranched alkanes of at least 4 members (excludes halogenated alkanes) is 53. The Hall–Kier alpha value is -1.94. The van der Waals surface area contributed by atoms with Crippen molar-refractivity contribution in [2.24, 2.45) is 5.92 Å².